The van der Waals surface area contributed by atoms with Gasteiger partial charge in [0.2, 0.25) is 5.91 Å². The molecule has 2 aromatic carbocycles. The zero-order chi connectivity index (χ0) is 20.4. The molecule has 0 fully saturated rings. The van der Waals surface area contributed by atoms with Crippen LogP contribution in [0.4, 0.5) is 5.13 Å². The predicted octanol–water partition coefficient (Wildman–Crippen LogP) is 5.39. The first-order chi connectivity index (χ1) is 14.0. The lowest BCUT2D eigenvalue weighted by Crippen LogP contribution is -2.32. The number of amides is 1. The van der Waals surface area contributed by atoms with Crippen molar-refractivity contribution in [2.45, 2.75) is 33.7 Å². The molecule has 29 heavy (non-hydrogen) atoms. The van der Waals surface area contributed by atoms with E-state index in [1.54, 1.807) is 22.4 Å². The monoisotopic (exact) mass is 401 g/mol. The van der Waals surface area contributed by atoms with E-state index in [9.17, 15) is 4.79 Å². The Morgan fingerprint density at radius 2 is 1.83 bits per heavy atom. The summed E-state index contributed by atoms with van der Waals surface area (Å²) >= 11 is 1.55. The number of benzene rings is 2. The van der Waals surface area contributed by atoms with Crippen LogP contribution < -0.4 is 4.90 Å². The van der Waals surface area contributed by atoms with Crippen molar-refractivity contribution in [1.29, 1.82) is 0 Å². The number of hydrogen-bond donors (Lipinski definition) is 0. The van der Waals surface area contributed by atoms with Gasteiger partial charge in [-0.05, 0) is 61.2 Å². The lowest BCUT2D eigenvalue weighted by molar-refractivity contribution is -0.118. The first-order valence-electron chi connectivity index (χ1n) is 9.64. The van der Waals surface area contributed by atoms with Crippen molar-refractivity contribution in [1.82, 2.24) is 9.97 Å². The van der Waals surface area contributed by atoms with E-state index in [0.29, 0.717) is 18.1 Å². The number of rotatable bonds is 5. The molecule has 0 spiro atoms. The normalized spacial score (nSPS) is 11.0. The summed E-state index contributed by atoms with van der Waals surface area (Å²) in [5.74, 6) is 0.0237. The molecule has 1 amide bonds. The van der Waals surface area contributed by atoms with E-state index in [0.717, 1.165) is 27.0 Å². The summed E-state index contributed by atoms with van der Waals surface area (Å²) in [4.78, 5) is 24.3. The van der Waals surface area contributed by atoms with Crippen molar-refractivity contribution in [2.75, 3.05) is 4.90 Å². The van der Waals surface area contributed by atoms with Crippen LogP contribution in [0.1, 0.15) is 27.9 Å². The van der Waals surface area contributed by atoms with Crippen molar-refractivity contribution in [2.24, 2.45) is 0 Å². The fourth-order valence-electron chi connectivity index (χ4n) is 3.29. The second-order valence-corrected chi connectivity index (χ2v) is 8.32. The number of aryl methyl sites for hydroxylation is 3. The zero-order valence-electron chi connectivity index (χ0n) is 16.8. The Hall–Kier alpha value is -3.05. The molecule has 0 radical (unpaired) electrons. The number of carbonyl (C=O) groups is 1. The number of hydrogen-bond acceptors (Lipinski definition) is 4. The Morgan fingerprint density at radius 3 is 2.55 bits per heavy atom. The third-order valence-corrected chi connectivity index (χ3v) is 6.16. The van der Waals surface area contributed by atoms with Crippen molar-refractivity contribution in [3.05, 3.63) is 88.7 Å². The Bertz CT molecular complexity index is 1170. The van der Waals surface area contributed by atoms with Gasteiger partial charge in [0.25, 0.3) is 0 Å². The van der Waals surface area contributed by atoms with Gasteiger partial charge in [-0.1, -0.05) is 47.7 Å². The van der Waals surface area contributed by atoms with E-state index in [1.165, 1.54) is 11.1 Å². The number of carbonyl (C=O) groups excluding carboxylic acids is 1. The van der Waals surface area contributed by atoms with Gasteiger partial charge in [0.1, 0.15) is 0 Å². The molecule has 2 heterocycles. The van der Waals surface area contributed by atoms with Crippen LogP contribution in [0.2, 0.25) is 0 Å². The van der Waals surface area contributed by atoms with E-state index in [4.69, 9.17) is 4.98 Å². The van der Waals surface area contributed by atoms with Crippen molar-refractivity contribution in [3.63, 3.8) is 0 Å². The number of pyridine rings is 1. The van der Waals surface area contributed by atoms with Gasteiger partial charge in [-0.25, -0.2) is 4.98 Å². The first kappa shape index (κ1) is 19.3. The van der Waals surface area contributed by atoms with Crippen molar-refractivity contribution >= 4 is 32.6 Å². The van der Waals surface area contributed by atoms with Crippen LogP contribution in [-0.2, 0) is 17.8 Å². The fourth-order valence-corrected chi connectivity index (χ4v) is 4.35. The molecule has 0 bridgehead atoms. The summed E-state index contributed by atoms with van der Waals surface area (Å²) in [5, 5.41) is 0.716. The highest BCUT2D eigenvalue weighted by atomic mass is 32.1. The van der Waals surface area contributed by atoms with Gasteiger partial charge in [0.15, 0.2) is 5.13 Å². The molecule has 146 valence electrons. The van der Waals surface area contributed by atoms with E-state index >= 15 is 0 Å². The predicted molar refractivity (Wildman–Crippen MR) is 119 cm³/mol. The summed E-state index contributed by atoms with van der Waals surface area (Å²) < 4.78 is 1.09. The van der Waals surface area contributed by atoms with Gasteiger partial charge < -0.3 is 0 Å². The summed E-state index contributed by atoms with van der Waals surface area (Å²) in [5.41, 5.74) is 6.36. The summed E-state index contributed by atoms with van der Waals surface area (Å²) in [6.45, 7) is 6.61. The molecule has 0 unspecified atom stereocenters. The summed E-state index contributed by atoms with van der Waals surface area (Å²) in [6.07, 6.45) is 2.09. The van der Waals surface area contributed by atoms with Crippen molar-refractivity contribution < 1.29 is 4.79 Å². The number of aromatic nitrogens is 2. The third kappa shape index (κ3) is 4.20. The van der Waals surface area contributed by atoms with E-state index in [-0.39, 0.29) is 5.91 Å². The number of nitrogens with zero attached hydrogens (tertiary/aromatic N) is 3. The molecular formula is C24H23N3OS. The minimum absolute atomic E-state index is 0.0237. The minimum Gasteiger partial charge on any atom is -0.282 e. The lowest BCUT2D eigenvalue weighted by Gasteiger charge is -2.20. The molecular weight excluding hydrogens is 378 g/mol. The molecule has 4 nitrogen and oxygen atoms in total. The van der Waals surface area contributed by atoms with E-state index in [1.807, 2.05) is 43.3 Å². The largest absolute Gasteiger partial charge is 0.282 e. The molecule has 0 aliphatic rings. The van der Waals surface area contributed by atoms with Gasteiger partial charge in [-0.3, -0.25) is 14.7 Å². The van der Waals surface area contributed by atoms with E-state index in [2.05, 4.69) is 37.0 Å². The van der Waals surface area contributed by atoms with Gasteiger partial charge in [-0.15, -0.1) is 0 Å². The topological polar surface area (TPSA) is 46.1 Å². The molecule has 2 aromatic heterocycles. The van der Waals surface area contributed by atoms with Crippen LogP contribution in [0.3, 0.4) is 0 Å². The SMILES string of the molecule is Cc1ccc(CC(=O)N(Cc2ccccn2)c2nc3c(C)cccc3s2)cc1C. The van der Waals surface area contributed by atoms with Gasteiger partial charge in [0.05, 0.1) is 28.9 Å². The van der Waals surface area contributed by atoms with Crippen LogP contribution >= 0.6 is 11.3 Å². The highest BCUT2D eigenvalue weighted by Gasteiger charge is 2.21. The van der Waals surface area contributed by atoms with Gasteiger partial charge >= 0.3 is 0 Å². The molecule has 4 aromatic rings. The first-order valence-corrected chi connectivity index (χ1v) is 10.5. The highest BCUT2D eigenvalue weighted by Crippen LogP contribution is 2.31. The lowest BCUT2D eigenvalue weighted by atomic mass is 10.0. The van der Waals surface area contributed by atoms with Crippen LogP contribution in [0.15, 0.2) is 60.8 Å². The maximum absolute atomic E-state index is 13.3. The number of thiazole rings is 1. The fraction of sp³-hybridized carbons (Fsp3) is 0.208. The molecule has 0 saturated heterocycles. The molecule has 0 N–H and O–H groups in total. The number of anilines is 1. The van der Waals surface area contributed by atoms with Crippen LogP contribution in [-0.4, -0.2) is 15.9 Å². The quantitative estimate of drug-likeness (QED) is 0.450. The maximum atomic E-state index is 13.3. The molecule has 0 aliphatic carbocycles. The average Bonchev–Trinajstić information content (AvgIpc) is 3.15. The molecule has 0 aliphatic heterocycles. The Kier molecular flexibility index (Phi) is 5.41. The summed E-state index contributed by atoms with van der Waals surface area (Å²) in [7, 11) is 0. The zero-order valence-corrected chi connectivity index (χ0v) is 17.7. The minimum atomic E-state index is 0.0237. The number of para-hydroxylation sites is 1. The Balaban J connectivity index is 1.69. The highest BCUT2D eigenvalue weighted by molar-refractivity contribution is 7.22. The second-order valence-electron chi connectivity index (χ2n) is 7.31. The van der Waals surface area contributed by atoms with Gasteiger partial charge in [-0.2, -0.15) is 0 Å². The van der Waals surface area contributed by atoms with E-state index < -0.39 is 0 Å². The Labute approximate surface area is 174 Å². The van der Waals surface area contributed by atoms with Crippen LogP contribution in [0.25, 0.3) is 10.2 Å². The van der Waals surface area contributed by atoms with Gasteiger partial charge in [0, 0.05) is 6.20 Å². The molecule has 4 rings (SSSR count). The second kappa shape index (κ2) is 8.13. The summed E-state index contributed by atoms with van der Waals surface area (Å²) in [6, 6.07) is 18.1. The maximum Gasteiger partial charge on any atom is 0.233 e. The molecule has 0 atom stereocenters. The van der Waals surface area contributed by atoms with Crippen LogP contribution in [0, 0.1) is 20.8 Å². The standard InChI is InChI=1S/C24H23N3OS/c1-16-10-11-19(13-18(16)3)14-22(28)27(15-20-8-4-5-12-25-20)24-26-23-17(2)7-6-9-21(23)29-24/h4-13H,14-15H2,1-3H3. The molecule has 5 heteroatoms. The third-order valence-electron chi connectivity index (χ3n) is 5.11. The number of fused-ring (bicyclic) bond motifs is 1. The molecule has 0 saturated carbocycles. The van der Waals surface area contributed by atoms with Crippen molar-refractivity contribution in [3.8, 4) is 0 Å². The van der Waals surface area contributed by atoms with Crippen LogP contribution in [0.5, 0.6) is 0 Å². The smallest absolute Gasteiger partial charge is 0.233 e. The Morgan fingerprint density at radius 1 is 0.966 bits per heavy atom. The average molecular weight is 402 g/mol.